The molecule has 0 saturated heterocycles. The Morgan fingerprint density at radius 3 is 2.49 bits per heavy atom. The zero-order chi connectivity index (χ0) is 25.4. The van der Waals surface area contributed by atoms with Crippen molar-refractivity contribution >= 4 is 39.1 Å². The second-order valence-electron chi connectivity index (χ2n) is 9.44. The predicted octanol–water partition coefficient (Wildman–Crippen LogP) is 6.28. The Morgan fingerprint density at radius 2 is 1.68 bits per heavy atom. The quantitative estimate of drug-likeness (QED) is 0.289. The van der Waals surface area contributed by atoms with Gasteiger partial charge in [0, 0.05) is 66.4 Å². The van der Waals surface area contributed by atoms with Gasteiger partial charge in [0.05, 0.1) is 11.0 Å². The Labute approximate surface area is 215 Å². The van der Waals surface area contributed by atoms with Gasteiger partial charge in [-0.3, -0.25) is 9.97 Å². The fourth-order valence-corrected chi connectivity index (χ4v) is 4.51. The lowest BCUT2D eigenvalue weighted by Crippen LogP contribution is -2.08. The van der Waals surface area contributed by atoms with E-state index in [1.165, 1.54) is 5.56 Å². The van der Waals surface area contributed by atoms with Crippen molar-refractivity contribution in [3.05, 3.63) is 102 Å². The summed E-state index contributed by atoms with van der Waals surface area (Å²) in [6, 6.07) is 22.8. The predicted molar refractivity (Wildman–Crippen MR) is 150 cm³/mol. The summed E-state index contributed by atoms with van der Waals surface area (Å²) >= 11 is 0. The molecule has 0 atom stereocenters. The summed E-state index contributed by atoms with van der Waals surface area (Å²) in [4.78, 5) is 23.6. The van der Waals surface area contributed by atoms with E-state index in [1.54, 1.807) is 0 Å². The number of hydrogen-bond donors (Lipinski definition) is 2. The van der Waals surface area contributed by atoms with Gasteiger partial charge in [0.1, 0.15) is 5.82 Å². The van der Waals surface area contributed by atoms with Crippen molar-refractivity contribution < 1.29 is 0 Å². The van der Waals surface area contributed by atoms with Gasteiger partial charge in [-0.2, -0.15) is 0 Å². The van der Waals surface area contributed by atoms with Crippen molar-refractivity contribution in [2.75, 3.05) is 24.3 Å². The molecule has 7 heteroatoms. The molecule has 6 aromatic rings. The van der Waals surface area contributed by atoms with Crippen LogP contribution in [0.3, 0.4) is 0 Å². The fourth-order valence-electron chi connectivity index (χ4n) is 4.51. The minimum absolute atomic E-state index is 0.715. The van der Waals surface area contributed by atoms with Gasteiger partial charge in [-0.15, -0.1) is 0 Å². The van der Waals surface area contributed by atoms with Crippen LogP contribution in [0.15, 0.2) is 85.3 Å². The van der Waals surface area contributed by atoms with Gasteiger partial charge in [0.15, 0.2) is 5.65 Å². The van der Waals surface area contributed by atoms with Crippen molar-refractivity contribution in [1.29, 1.82) is 0 Å². The number of anilines is 3. The molecule has 6 rings (SSSR count). The number of aromatic nitrogens is 5. The molecule has 7 nitrogen and oxygen atoms in total. The highest BCUT2D eigenvalue weighted by atomic mass is 15.1. The van der Waals surface area contributed by atoms with Crippen LogP contribution in [0.25, 0.3) is 33.5 Å². The summed E-state index contributed by atoms with van der Waals surface area (Å²) in [6.07, 6.45) is 6.39. The average molecular weight is 486 g/mol. The summed E-state index contributed by atoms with van der Waals surface area (Å²) in [5.74, 6) is 0.802. The van der Waals surface area contributed by atoms with Gasteiger partial charge in [0.2, 0.25) is 0 Å². The van der Waals surface area contributed by atoms with Crippen LogP contribution in [0.4, 0.5) is 17.1 Å². The topological polar surface area (TPSA) is 82.6 Å². The molecule has 0 radical (unpaired) electrons. The maximum atomic E-state index is 4.72. The SMILES string of the molecule is Cc1cc(Cc2cnc3nc(-c4ccc(Nc5ccnc6ccc(N(C)C)cc56)cc4)[nH]c3c2)ccn1. The molecule has 0 aliphatic carbocycles. The van der Waals surface area contributed by atoms with Gasteiger partial charge in [-0.05, 0) is 91.2 Å². The lowest BCUT2D eigenvalue weighted by molar-refractivity contribution is 1.11. The third-order valence-electron chi connectivity index (χ3n) is 6.44. The number of nitrogens with one attached hydrogen (secondary N) is 2. The summed E-state index contributed by atoms with van der Waals surface area (Å²) in [5, 5.41) is 4.63. The van der Waals surface area contributed by atoms with Gasteiger partial charge >= 0.3 is 0 Å². The first-order valence-electron chi connectivity index (χ1n) is 12.2. The van der Waals surface area contributed by atoms with Crippen LogP contribution in [0.1, 0.15) is 16.8 Å². The summed E-state index contributed by atoms with van der Waals surface area (Å²) < 4.78 is 0. The maximum absolute atomic E-state index is 4.72. The first-order valence-corrected chi connectivity index (χ1v) is 12.2. The van der Waals surface area contributed by atoms with Gasteiger partial charge in [-0.1, -0.05) is 0 Å². The molecular weight excluding hydrogens is 458 g/mol. The summed E-state index contributed by atoms with van der Waals surface area (Å²) in [7, 11) is 4.08. The zero-order valence-corrected chi connectivity index (χ0v) is 21.0. The second kappa shape index (κ2) is 9.35. The van der Waals surface area contributed by atoms with E-state index in [-0.39, 0.29) is 0 Å². The normalized spacial score (nSPS) is 11.2. The van der Waals surface area contributed by atoms with E-state index >= 15 is 0 Å². The summed E-state index contributed by atoms with van der Waals surface area (Å²) in [5.41, 5.74) is 10.1. The van der Waals surface area contributed by atoms with Gasteiger partial charge < -0.3 is 15.2 Å². The summed E-state index contributed by atoms with van der Waals surface area (Å²) in [6.45, 7) is 2.01. The highest BCUT2D eigenvalue weighted by Gasteiger charge is 2.09. The van der Waals surface area contributed by atoms with Crippen molar-refractivity contribution in [3.63, 3.8) is 0 Å². The molecule has 0 aliphatic rings. The highest BCUT2D eigenvalue weighted by Crippen LogP contribution is 2.29. The lowest BCUT2D eigenvalue weighted by atomic mass is 10.1. The Hall–Kier alpha value is -4.78. The Kier molecular flexibility index (Phi) is 5.73. The molecule has 2 aromatic carbocycles. The van der Waals surface area contributed by atoms with Crippen LogP contribution in [0, 0.1) is 6.92 Å². The van der Waals surface area contributed by atoms with Crippen molar-refractivity contribution in [2.24, 2.45) is 0 Å². The van der Waals surface area contributed by atoms with Crippen LogP contribution >= 0.6 is 0 Å². The average Bonchev–Trinajstić information content (AvgIpc) is 3.32. The standard InChI is InChI=1S/C30H27N7/c1-19-14-20(10-12-31-19)15-21-16-28-30(33-18-21)36-29(35-28)22-4-6-23(7-5-22)34-27-11-13-32-26-9-8-24(37(2)3)17-25(26)27/h4-14,16-18H,15H2,1-3H3,(H,32,34)(H,33,35,36). The van der Waals surface area contributed by atoms with E-state index in [1.807, 2.05) is 51.7 Å². The number of H-pyrrole nitrogens is 1. The molecule has 0 unspecified atom stereocenters. The fraction of sp³-hybridized carbons (Fsp3) is 0.133. The minimum atomic E-state index is 0.715. The van der Waals surface area contributed by atoms with Crippen molar-refractivity contribution in [3.8, 4) is 11.4 Å². The van der Waals surface area contributed by atoms with E-state index in [0.29, 0.717) is 5.65 Å². The molecule has 182 valence electrons. The highest BCUT2D eigenvalue weighted by molar-refractivity contribution is 5.95. The van der Waals surface area contributed by atoms with Crippen molar-refractivity contribution in [2.45, 2.75) is 13.3 Å². The van der Waals surface area contributed by atoms with Crippen LogP contribution in [-0.2, 0) is 6.42 Å². The molecule has 2 N–H and O–H groups in total. The molecule has 0 fully saturated rings. The molecule has 0 amide bonds. The maximum Gasteiger partial charge on any atom is 0.178 e. The first-order chi connectivity index (χ1) is 18.0. The van der Waals surface area contributed by atoms with Gasteiger partial charge in [-0.25, -0.2) is 9.97 Å². The Bertz CT molecular complexity index is 1720. The lowest BCUT2D eigenvalue weighted by Gasteiger charge is -2.15. The van der Waals surface area contributed by atoms with Crippen LogP contribution in [0.5, 0.6) is 0 Å². The number of fused-ring (bicyclic) bond motifs is 2. The molecule has 4 aromatic heterocycles. The van der Waals surface area contributed by atoms with E-state index in [4.69, 9.17) is 4.98 Å². The monoisotopic (exact) mass is 485 g/mol. The van der Waals surface area contributed by atoms with Gasteiger partial charge in [0.25, 0.3) is 0 Å². The molecular formula is C30H27N7. The van der Waals surface area contributed by atoms with Crippen LogP contribution < -0.4 is 10.2 Å². The van der Waals surface area contributed by atoms with E-state index in [0.717, 1.165) is 62.5 Å². The number of imidazole rings is 1. The molecule has 0 spiro atoms. The number of hydrogen-bond acceptors (Lipinski definition) is 6. The number of rotatable bonds is 6. The number of aromatic amines is 1. The largest absolute Gasteiger partial charge is 0.378 e. The second-order valence-corrected chi connectivity index (χ2v) is 9.44. The van der Waals surface area contributed by atoms with E-state index in [9.17, 15) is 0 Å². The number of pyridine rings is 3. The number of aryl methyl sites for hydroxylation is 1. The molecule has 4 heterocycles. The third-order valence-corrected chi connectivity index (χ3v) is 6.44. The molecule has 0 saturated carbocycles. The first kappa shape index (κ1) is 22.7. The van der Waals surface area contributed by atoms with Crippen molar-refractivity contribution in [1.82, 2.24) is 24.9 Å². The van der Waals surface area contributed by atoms with Crippen LogP contribution in [-0.4, -0.2) is 39.0 Å². The molecule has 0 bridgehead atoms. The van der Waals surface area contributed by atoms with Crippen LogP contribution in [0.2, 0.25) is 0 Å². The minimum Gasteiger partial charge on any atom is -0.378 e. The smallest absolute Gasteiger partial charge is 0.178 e. The number of benzene rings is 2. The molecule has 0 aliphatic heterocycles. The van der Waals surface area contributed by atoms with E-state index < -0.39 is 0 Å². The third kappa shape index (κ3) is 4.71. The Morgan fingerprint density at radius 1 is 0.838 bits per heavy atom. The molecule has 37 heavy (non-hydrogen) atoms. The Balaban J connectivity index is 1.24. The number of nitrogens with zero attached hydrogens (tertiary/aromatic N) is 5. The zero-order valence-electron chi connectivity index (χ0n) is 21.0. The van der Waals surface area contributed by atoms with E-state index in [2.05, 4.69) is 84.7 Å².